The number of rotatable bonds is 0. The summed E-state index contributed by atoms with van der Waals surface area (Å²) in [7, 11) is 3.76. The predicted octanol–water partition coefficient (Wildman–Crippen LogP) is 1.83. The van der Waals surface area contributed by atoms with E-state index in [2.05, 4.69) is 0 Å². The van der Waals surface area contributed by atoms with E-state index in [-0.39, 0.29) is 11.6 Å². The van der Waals surface area contributed by atoms with E-state index in [4.69, 9.17) is 23.3 Å². The van der Waals surface area contributed by atoms with Crippen LogP contribution in [0.25, 0.3) is 0 Å². The third-order valence-corrected chi connectivity index (χ3v) is 27.0. The second-order valence-electron chi connectivity index (χ2n) is 0.704. The molecule has 0 amide bonds. The highest BCUT2D eigenvalue weighted by Crippen LogP contribution is 2.32. The predicted molar refractivity (Wildman–Crippen MR) is 41.9 cm³/mol. The first-order valence-electron chi connectivity index (χ1n) is 1.22. The Bertz CT molecular complexity index is 82.1. The lowest BCUT2D eigenvalue weighted by atomic mass is 27.2. The van der Waals surface area contributed by atoms with Crippen molar-refractivity contribution in [3.05, 3.63) is 0 Å². The molecule has 0 bridgehead atoms. The van der Waals surface area contributed by atoms with Crippen LogP contribution in [0.3, 0.4) is 0 Å². The highest BCUT2D eigenvalue weighted by Gasteiger charge is 2.19. The van der Waals surface area contributed by atoms with E-state index >= 15 is 0 Å². The summed E-state index contributed by atoms with van der Waals surface area (Å²) in [6.45, 7) is 0. The largest absolute Gasteiger partial charge is 0.229 e. The van der Waals surface area contributed by atoms with Gasteiger partial charge in [-0.05, 0) is 0 Å². The molecule has 0 atom stereocenters. The normalized spacial score (nSPS) is 20.7. The molecule has 1 aliphatic rings. The Balaban J connectivity index is 2.47. The molecule has 0 spiro atoms. The van der Waals surface area contributed by atoms with Crippen molar-refractivity contribution in [2.75, 3.05) is 0 Å². The van der Waals surface area contributed by atoms with Crippen LogP contribution < -0.4 is 0 Å². The first kappa shape index (κ1) is 5.71. The van der Waals surface area contributed by atoms with Crippen molar-refractivity contribution in [1.82, 2.24) is 0 Å². The number of hydrogen-bond acceptors (Lipinski definition) is 4. The summed E-state index contributed by atoms with van der Waals surface area (Å²) < 4.78 is 0. The van der Waals surface area contributed by atoms with Crippen LogP contribution in [0.5, 0.6) is 0 Å². The molecule has 0 radical (unpaired) electrons. The van der Waals surface area contributed by atoms with Crippen LogP contribution in [-0.4, -0.2) is 11.6 Å². The van der Waals surface area contributed by atoms with E-state index in [1.807, 2.05) is 21.3 Å². The minimum atomic E-state index is -0.384. The van der Waals surface area contributed by atoms with Gasteiger partial charge in [-0.1, -0.05) is 0 Å². The molecule has 1 fully saturated rings. The van der Waals surface area contributed by atoms with E-state index in [0.717, 1.165) is 0 Å². The van der Waals surface area contributed by atoms with Gasteiger partial charge in [0.25, 0.3) is 0 Å². The van der Waals surface area contributed by atoms with Gasteiger partial charge in [0.2, 0.25) is 11.6 Å². The number of hydrogen-bond donors (Lipinski definition) is 0. The first-order valence-corrected chi connectivity index (χ1v) is 11.0. The van der Waals surface area contributed by atoms with Crippen molar-refractivity contribution in [2.24, 2.45) is 0 Å². The van der Waals surface area contributed by atoms with E-state index in [1.165, 1.54) is 0 Å². The molecule has 0 nitrogen and oxygen atoms in total. The minimum Gasteiger partial charge on any atom is -0.118 e. The molecule has 0 unspecified atom stereocenters. The molecule has 0 aliphatic carbocycles. The van der Waals surface area contributed by atoms with Crippen LogP contribution in [-0.2, 0) is 0 Å². The maximum absolute atomic E-state index is 4.93. The molecule has 0 aromatic carbocycles. The zero-order chi connectivity index (χ0) is 4.57. The second kappa shape index (κ2) is 2.23. The summed E-state index contributed by atoms with van der Waals surface area (Å²) in [6, 6.07) is 0. The SMILES string of the molecule is S=[Si]1S[Si](=S)S1. The standard InChI is InChI=1S/S4Si2/c1-5-3-6(2)4-5. The van der Waals surface area contributed by atoms with Gasteiger partial charge in [0.05, 0.1) is 0 Å². The van der Waals surface area contributed by atoms with E-state index in [0.29, 0.717) is 0 Å². The summed E-state index contributed by atoms with van der Waals surface area (Å²) >= 11 is 9.86. The lowest BCUT2D eigenvalue weighted by Gasteiger charge is -2.07. The van der Waals surface area contributed by atoms with Crippen LogP contribution in [0.1, 0.15) is 0 Å². The van der Waals surface area contributed by atoms with Crippen molar-refractivity contribution in [2.45, 2.75) is 0 Å². The second-order valence-corrected chi connectivity index (χ2v) is 19.0. The van der Waals surface area contributed by atoms with Crippen LogP contribution in [0.15, 0.2) is 0 Å². The van der Waals surface area contributed by atoms with E-state index in [1.54, 1.807) is 0 Å². The fourth-order valence-corrected chi connectivity index (χ4v) is 28.2. The van der Waals surface area contributed by atoms with Gasteiger partial charge >= 0.3 is 0 Å². The summed E-state index contributed by atoms with van der Waals surface area (Å²) in [5.41, 5.74) is 0. The zero-order valence-electron chi connectivity index (χ0n) is 2.63. The van der Waals surface area contributed by atoms with Crippen molar-refractivity contribution in [3.8, 4) is 0 Å². The zero-order valence-corrected chi connectivity index (χ0v) is 7.90. The van der Waals surface area contributed by atoms with E-state index in [9.17, 15) is 0 Å². The molecule has 0 aromatic rings. The minimum absolute atomic E-state index is 0.384. The third kappa shape index (κ3) is 1.27. The summed E-state index contributed by atoms with van der Waals surface area (Å²) in [6.07, 6.45) is 0. The smallest absolute Gasteiger partial charge is 0.118 e. The van der Waals surface area contributed by atoms with Crippen molar-refractivity contribution in [1.29, 1.82) is 0 Å². The van der Waals surface area contributed by atoms with Gasteiger partial charge in [-0.15, -0.1) is 44.6 Å². The Morgan fingerprint density at radius 2 is 1.33 bits per heavy atom. The summed E-state index contributed by atoms with van der Waals surface area (Å²) in [5.74, 6) is -0.769. The molecule has 32 valence electrons. The van der Waals surface area contributed by atoms with Crippen LogP contribution >= 0.6 is 44.6 Å². The molecule has 6 heteroatoms. The average Bonchev–Trinajstić information content (AvgIpc) is 1.33. The van der Waals surface area contributed by atoms with E-state index < -0.39 is 0 Å². The van der Waals surface area contributed by atoms with Gasteiger partial charge in [-0.2, -0.15) is 0 Å². The van der Waals surface area contributed by atoms with Crippen LogP contribution in [0.2, 0.25) is 0 Å². The van der Waals surface area contributed by atoms with Crippen LogP contribution in [0.4, 0.5) is 0 Å². The molecule has 0 aromatic heterocycles. The molecule has 1 aliphatic heterocycles. The van der Waals surface area contributed by atoms with Gasteiger partial charge in [0.15, 0.2) is 0 Å². The van der Waals surface area contributed by atoms with Crippen molar-refractivity contribution >= 4 is 56.2 Å². The Hall–Kier alpha value is 1.57. The van der Waals surface area contributed by atoms with Gasteiger partial charge in [-0.3, -0.25) is 0 Å². The maximum Gasteiger partial charge on any atom is 0.229 e. The molecular weight excluding hydrogens is 184 g/mol. The Kier molecular flexibility index (Phi) is 2.12. The molecule has 1 rings (SSSR count). The quantitative estimate of drug-likeness (QED) is 0.527. The fraction of sp³-hybridized carbons (Fsp3) is 0. The Morgan fingerprint density at radius 3 is 1.33 bits per heavy atom. The molecule has 6 heavy (non-hydrogen) atoms. The lowest BCUT2D eigenvalue weighted by Crippen LogP contribution is -2.05. The molecule has 1 heterocycles. The van der Waals surface area contributed by atoms with Crippen molar-refractivity contribution in [3.63, 3.8) is 0 Å². The average molecular weight is 184 g/mol. The highest BCUT2D eigenvalue weighted by atomic mass is 33.0. The molecule has 0 N–H and O–H groups in total. The summed E-state index contributed by atoms with van der Waals surface area (Å²) in [5, 5.41) is 0. The van der Waals surface area contributed by atoms with Gasteiger partial charge in [-0.25, -0.2) is 0 Å². The van der Waals surface area contributed by atoms with Gasteiger partial charge in [0, 0.05) is 0 Å². The molecule has 1 saturated heterocycles. The fourth-order valence-electron chi connectivity index (χ4n) is 0.144. The molecule has 0 saturated carbocycles. The first-order chi connectivity index (χ1) is 2.79. The van der Waals surface area contributed by atoms with Crippen LogP contribution in [0, 0.1) is 0 Å². The summed E-state index contributed by atoms with van der Waals surface area (Å²) in [4.78, 5) is 0. The monoisotopic (exact) mass is 184 g/mol. The lowest BCUT2D eigenvalue weighted by molar-refractivity contribution is 4.36. The highest BCUT2D eigenvalue weighted by molar-refractivity contribution is 8.99. The Morgan fingerprint density at radius 1 is 1.00 bits per heavy atom. The third-order valence-electron chi connectivity index (χ3n) is 0.333. The maximum atomic E-state index is 4.93. The topological polar surface area (TPSA) is 0 Å². The van der Waals surface area contributed by atoms with Gasteiger partial charge in [0.1, 0.15) is 0 Å². The van der Waals surface area contributed by atoms with Gasteiger partial charge < -0.3 is 0 Å². The van der Waals surface area contributed by atoms with Crippen molar-refractivity contribution < 1.29 is 0 Å². The Labute approximate surface area is 56.0 Å². The molecular formula is S4Si2.